The van der Waals surface area contributed by atoms with Crippen LogP contribution in [0.5, 0.6) is 0 Å². The Kier molecular flexibility index (Phi) is 5.29. The van der Waals surface area contributed by atoms with Gasteiger partial charge < -0.3 is 5.32 Å². The van der Waals surface area contributed by atoms with E-state index >= 15 is 0 Å². The van der Waals surface area contributed by atoms with E-state index in [0.717, 1.165) is 5.56 Å². The average Bonchev–Trinajstić information content (AvgIpc) is 2.43. The predicted molar refractivity (Wildman–Crippen MR) is 87.6 cm³/mol. The summed E-state index contributed by atoms with van der Waals surface area (Å²) in [5.41, 5.74) is 4.22. The molecular formula is C13H10Cl2N4S. The van der Waals surface area contributed by atoms with Crippen molar-refractivity contribution in [1.29, 1.82) is 0 Å². The van der Waals surface area contributed by atoms with Crippen molar-refractivity contribution < 1.29 is 0 Å². The molecule has 0 amide bonds. The van der Waals surface area contributed by atoms with Gasteiger partial charge in [0.2, 0.25) is 0 Å². The molecule has 1 aromatic carbocycles. The second-order valence-corrected chi connectivity index (χ2v) is 4.99. The molecule has 7 heteroatoms. The van der Waals surface area contributed by atoms with Gasteiger partial charge in [0.15, 0.2) is 5.11 Å². The van der Waals surface area contributed by atoms with E-state index in [1.807, 2.05) is 12.1 Å². The van der Waals surface area contributed by atoms with Crippen molar-refractivity contribution >= 4 is 52.4 Å². The lowest BCUT2D eigenvalue weighted by Crippen LogP contribution is -2.24. The van der Waals surface area contributed by atoms with E-state index in [0.29, 0.717) is 20.8 Å². The van der Waals surface area contributed by atoms with Gasteiger partial charge in [-0.1, -0.05) is 29.3 Å². The topological polar surface area (TPSA) is 49.3 Å². The maximum Gasteiger partial charge on any atom is 0.191 e. The monoisotopic (exact) mass is 324 g/mol. The number of benzene rings is 1. The van der Waals surface area contributed by atoms with Crippen LogP contribution in [0.25, 0.3) is 0 Å². The molecule has 0 aliphatic heterocycles. The minimum absolute atomic E-state index is 0.328. The number of nitrogens with zero attached hydrogens (tertiary/aromatic N) is 2. The van der Waals surface area contributed by atoms with E-state index in [1.54, 1.807) is 36.8 Å². The Morgan fingerprint density at radius 1 is 1.30 bits per heavy atom. The SMILES string of the molecule is S=C(N/N=C\c1cccnc1)Nc1ccc(Cl)cc1Cl. The minimum Gasteiger partial charge on any atom is -0.330 e. The molecule has 0 bridgehead atoms. The number of thiocarbonyl (C=S) groups is 1. The number of rotatable bonds is 3. The highest BCUT2D eigenvalue weighted by Crippen LogP contribution is 2.25. The maximum absolute atomic E-state index is 6.02. The lowest BCUT2D eigenvalue weighted by molar-refractivity contribution is 1.05. The molecule has 0 radical (unpaired) electrons. The zero-order chi connectivity index (χ0) is 14.4. The third kappa shape index (κ3) is 4.45. The summed E-state index contributed by atoms with van der Waals surface area (Å²) in [5, 5.41) is 8.30. The second-order valence-electron chi connectivity index (χ2n) is 3.73. The summed E-state index contributed by atoms with van der Waals surface area (Å²) in [6, 6.07) is 8.80. The Hall–Kier alpha value is -1.69. The number of hydrogen-bond acceptors (Lipinski definition) is 3. The molecule has 4 nitrogen and oxygen atoms in total. The average molecular weight is 325 g/mol. The molecule has 1 aromatic heterocycles. The van der Waals surface area contributed by atoms with Crippen LogP contribution in [-0.2, 0) is 0 Å². The summed E-state index contributed by atoms with van der Waals surface area (Å²) in [6.07, 6.45) is 5.00. The zero-order valence-electron chi connectivity index (χ0n) is 10.2. The van der Waals surface area contributed by atoms with Crippen LogP contribution in [0.1, 0.15) is 5.56 Å². The minimum atomic E-state index is 0.328. The highest BCUT2D eigenvalue weighted by Gasteiger charge is 2.02. The van der Waals surface area contributed by atoms with Gasteiger partial charge in [0.05, 0.1) is 16.9 Å². The van der Waals surface area contributed by atoms with Gasteiger partial charge in [-0.25, -0.2) is 0 Å². The Morgan fingerprint density at radius 2 is 2.15 bits per heavy atom. The molecule has 20 heavy (non-hydrogen) atoms. The maximum atomic E-state index is 6.02. The summed E-state index contributed by atoms with van der Waals surface area (Å²) >= 11 is 16.9. The normalized spacial score (nSPS) is 10.5. The van der Waals surface area contributed by atoms with Crippen molar-refractivity contribution in [2.45, 2.75) is 0 Å². The molecule has 0 aliphatic rings. The van der Waals surface area contributed by atoms with Crippen LogP contribution in [0.2, 0.25) is 10.0 Å². The van der Waals surface area contributed by atoms with Crippen LogP contribution in [0.4, 0.5) is 5.69 Å². The molecule has 1 heterocycles. The first-order chi connectivity index (χ1) is 9.65. The van der Waals surface area contributed by atoms with Crippen molar-refractivity contribution in [3.63, 3.8) is 0 Å². The van der Waals surface area contributed by atoms with Crippen LogP contribution in [0.15, 0.2) is 47.8 Å². The van der Waals surface area contributed by atoms with Crippen molar-refractivity contribution in [3.05, 3.63) is 58.3 Å². The number of hydrazone groups is 1. The number of anilines is 1. The number of nitrogens with one attached hydrogen (secondary N) is 2. The van der Waals surface area contributed by atoms with Crippen LogP contribution in [-0.4, -0.2) is 16.3 Å². The van der Waals surface area contributed by atoms with Gasteiger partial charge in [0.25, 0.3) is 0 Å². The Labute approximate surface area is 131 Å². The largest absolute Gasteiger partial charge is 0.330 e. The molecule has 102 valence electrons. The molecule has 2 N–H and O–H groups in total. The van der Waals surface area contributed by atoms with Gasteiger partial charge in [-0.2, -0.15) is 5.10 Å². The molecule has 0 saturated heterocycles. The van der Waals surface area contributed by atoms with Crippen LogP contribution in [0.3, 0.4) is 0 Å². The molecule has 0 spiro atoms. The fourth-order valence-electron chi connectivity index (χ4n) is 1.36. The van der Waals surface area contributed by atoms with E-state index in [2.05, 4.69) is 20.8 Å². The van der Waals surface area contributed by atoms with Gasteiger partial charge in [-0.3, -0.25) is 10.4 Å². The van der Waals surface area contributed by atoms with E-state index in [9.17, 15) is 0 Å². The fraction of sp³-hybridized carbons (Fsp3) is 0. The van der Waals surface area contributed by atoms with Crippen LogP contribution < -0.4 is 10.7 Å². The molecule has 0 saturated carbocycles. The van der Waals surface area contributed by atoms with E-state index in [1.165, 1.54) is 0 Å². The lowest BCUT2D eigenvalue weighted by atomic mass is 10.3. The number of halogens is 2. The lowest BCUT2D eigenvalue weighted by Gasteiger charge is -2.08. The first-order valence-electron chi connectivity index (χ1n) is 5.60. The molecule has 2 rings (SSSR count). The summed E-state index contributed by atoms with van der Waals surface area (Å²) < 4.78 is 0. The molecule has 0 aliphatic carbocycles. The molecule has 0 atom stereocenters. The number of aromatic nitrogens is 1. The Morgan fingerprint density at radius 3 is 2.85 bits per heavy atom. The first kappa shape index (κ1) is 14.7. The molecule has 0 fully saturated rings. The van der Waals surface area contributed by atoms with E-state index in [-0.39, 0.29) is 0 Å². The molecule has 2 aromatic rings. The second kappa shape index (κ2) is 7.19. The van der Waals surface area contributed by atoms with Crippen LogP contribution in [0, 0.1) is 0 Å². The van der Waals surface area contributed by atoms with E-state index < -0.39 is 0 Å². The quantitative estimate of drug-likeness (QED) is 0.513. The van der Waals surface area contributed by atoms with Crippen molar-refractivity contribution in [3.8, 4) is 0 Å². The first-order valence-corrected chi connectivity index (χ1v) is 6.77. The summed E-state index contributed by atoms with van der Waals surface area (Å²) in [6.45, 7) is 0. The summed E-state index contributed by atoms with van der Waals surface area (Å²) in [5.74, 6) is 0. The predicted octanol–water partition coefficient (Wildman–Crippen LogP) is 3.71. The van der Waals surface area contributed by atoms with Crippen molar-refractivity contribution in [2.75, 3.05) is 5.32 Å². The standard InChI is InChI=1S/C13H10Cl2N4S/c14-10-3-4-12(11(15)6-10)18-13(20)19-17-8-9-2-1-5-16-7-9/h1-8H,(H2,18,19,20)/b17-8-. The summed E-state index contributed by atoms with van der Waals surface area (Å²) in [4.78, 5) is 3.97. The fourth-order valence-corrected chi connectivity index (χ4v) is 1.98. The smallest absolute Gasteiger partial charge is 0.191 e. The van der Waals surface area contributed by atoms with E-state index in [4.69, 9.17) is 35.4 Å². The van der Waals surface area contributed by atoms with Crippen molar-refractivity contribution in [1.82, 2.24) is 10.4 Å². The molecule has 0 unspecified atom stereocenters. The van der Waals surface area contributed by atoms with Gasteiger partial charge in [0.1, 0.15) is 0 Å². The third-order valence-electron chi connectivity index (χ3n) is 2.24. The van der Waals surface area contributed by atoms with Gasteiger partial charge in [-0.15, -0.1) is 0 Å². The molecular weight excluding hydrogens is 315 g/mol. The van der Waals surface area contributed by atoms with Crippen LogP contribution >= 0.6 is 35.4 Å². The highest BCUT2D eigenvalue weighted by molar-refractivity contribution is 7.80. The number of pyridine rings is 1. The van der Waals surface area contributed by atoms with Gasteiger partial charge in [0, 0.05) is 23.0 Å². The van der Waals surface area contributed by atoms with Crippen molar-refractivity contribution in [2.24, 2.45) is 5.10 Å². The Balaban J connectivity index is 1.91. The summed E-state index contributed by atoms with van der Waals surface area (Å²) in [7, 11) is 0. The zero-order valence-corrected chi connectivity index (χ0v) is 12.5. The number of hydrogen-bond donors (Lipinski definition) is 2. The van der Waals surface area contributed by atoms with Gasteiger partial charge >= 0.3 is 0 Å². The highest BCUT2D eigenvalue weighted by atomic mass is 35.5. The van der Waals surface area contributed by atoms with Gasteiger partial charge in [-0.05, 0) is 36.5 Å². The third-order valence-corrected chi connectivity index (χ3v) is 2.98. The Bertz CT molecular complexity index is 632.